The first-order valence-corrected chi connectivity index (χ1v) is 7.03. The highest BCUT2D eigenvalue weighted by atomic mass is 16.5. The number of likely N-dealkylation sites (N-methyl/N-ethyl adjacent to an activating group) is 1. The summed E-state index contributed by atoms with van der Waals surface area (Å²) >= 11 is 0. The number of benzene rings is 1. The van der Waals surface area contributed by atoms with Gasteiger partial charge in [0.1, 0.15) is 5.75 Å². The van der Waals surface area contributed by atoms with Crippen LogP contribution in [0.5, 0.6) is 5.75 Å². The Labute approximate surface area is 127 Å². The molecule has 0 aliphatic rings. The molecule has 0 aliphatic heterocycles. The molecule has 0 spiro atoms. The fourth-order valence-corrected chi connectivity index (χ4v) is 1.75. The molecule has 4 heteroatoms. The third kappa shape index (κ3) is 5.05. The minimum absolute atomic E-state index is 0.0654. The van der Waals surface area contributed by atoms with Crippen molar-refractivity contribution in [2.24, 2.45) is 0 Å². The molecule has 0 heterocycles. The molecule has 0 amide bonds. The second kappa shape index (κ2) is 8.04. The summed E-state index contributed by atoms with van der Waals surface area (Å²) in [6.45, 7) is 4.79. The van der Waals surface area contributed by atoms with Crippen molar-refractivity contribution < 1.29 is 14.9 Å². The Hall–Kier alpha value is -1.54. The number of aliphatic hydroxyl groups excluding tert-OH is 2. The molecule has 0 atom stereocenters. The van der Waals surface area contributed by atoms with Crippen molar-refractivity contribution in [3.05, 3.63) is 29.3 Å². The Morgan fingerprint density at radius 3 is 2.57 bits per heavy atom. The standard InChI is InChI=1S/C17H25NO3/c1-17(2,13-20)18(3)12-15-11-16(21-4)9-8-14(15)7-5-6-10-19/h8-9,11,19-20H,6,10,12-13H2,1-4H3. The van der Waals surface area contributed by atoms with Crippen LogP contribution in [-0.4, -0.2) is 48.0 Å². The van der Waals surface area contributed by atoms with Gasteiger partial charge >= 0.3 is 0 Å². The van der Waals surface area contributed by atoms with Gasteiger partial charge in [0.15, 0.2) is 0 Å². The summed E-state index contributed by atoms with van der Waals surface area (Å²) in [4.78, 5) is 2.08. The number of nitrogens with zero attached hydrogens (tertiary/aromatic N) is 1. The predicted octanol–water partition coefficient (Wildman–Crippen LogP) is 1.63. The largest absolute Gasteiger partial charge is 0.497 e. The van der Waals surface area contributed by atoms with Crippen molar-refractivity contribution >= 4 is 0 Å². The second-order valence-corrected chi connectivity index (χ2v) is 5.63. The smallest absolute Gasteiger partial charge is 0.119 e. The summed E-state index contributed by atoms with van der Waals surface area (Å²) < 4.78 is 5.27. The predicted molar refractivity (Wildman–Crippen MR) is 84.2 cm³/mol. The Kier molecular flexibility index (Phi) is 6.70. The topological polar surface area (TPSA) is 52.9 Å². The lowest BCUT2D eigenvalue weighted by molar-refractivity contribution is 0.0733. The molecule has 2 N–H and O–H groups in total. The summed E-state index contributed by atoms with van der Waals surface area (Å²) in [5.41, 5.74) is 1.66. The summed E-state index contributed by atoms with van der Waals surface area (Å²) in [6.07, 6.45) is 0.462. The normalized spacial score (nSPS) is 11.2. The van der Waals surface area contributed by atoms with Crippen LogP contribution in [0.1, 0.15) is 31.4 Å². The molecule has 0 saturated carbocycles. The van der Waals surface area contributed by atoms with Crippen LogP contribution in [-0.2, 0) is 6.54 Å². The number of ether oxygens (including phenoxy) is 1. The van der Waals surface area contributed by atoms with E-state index in [1.165, 1.54) is 0 Å². The fraction of sp³-hybridized carbons (Fsp3) is 0.529. The van der Waals surface area contributed by atoms with Gasteiger partial charge in [-0.15, -0.1) is 0 Å². The summed E-state index contributed by atoms with van der Waals surface area (Å²) in [5.74, 6) is 6.82. The molecule has 21 heavy (non-hydrogen) atoms. The highest BCUT2D eigenvalue weighted by molar-refractivity contribution is 5.45. The molecule has 1 aromatic rings. The van der Waals surface area contributed by atoms with E-state index in [0.717, 1.165) is 16.9 Å². The van der Waals surface area contributed by atoms with Crippen molar-refractivity contribution in [1.29, 1.82) is 0 Å². The summed E-state index contributed by atoms with van der Waals surface area (Å²) in [5, 5.41) is 18.3. The second-order valence-electron chi connectivity index (χ2n) is 5.63. The van der Waals surface area contributed by atoms with Gasteiger partial charge in [-0.1, -0.05) is 11.8 Å². The van der Waals surface area contributed by atoms with E-state index in [-0.39, 0.29) is 18.8 Å². The minimum Gasteiger partial charge on any atom is -0.497 e. The summed E-state index contributed by atoms with van der Waals surface area (Å²) in [7, 11) is 3.61. The van der Waals surface area contributed by atoms with Crippen molar-refractivity contribution in [1.82, 2.24) is 4.90 Å². The number of hydrogen-bond acceptors (Lipinski definition) is 4. The van der Waals surface area contributed by atoms with Crippen LogP contribution in [0.3, 0.4) is 0 Å². The molecule has 0 bridgehead atoms. The zero-order valence-electron chi connectivity index (χ0n) is 13.3. The summed E-state index contributed by atoms with van der Waals surface area (Å²) in [6, 6.07) is 5.77. The van der Waals surface area contributed by atoms with E-state index in [9.17, 15) is 5.11 Å². The molecule has 0 aliphatic carbocycles. The van der Waals surface area contributed by atoms with Crippen LogP contribution in [0.2, 0.25) is 0 Å². The van der Waals surface area contributed by atoms with Crippen LogP contribution in [0, 0.1) is 11.8 Å². The molecule has 0 aromatic heterocycles. The zero-order valence-corrected chi connectivity index (χ0v) is 13.3. The fourth-order valence-electron chi connectivity index (χ4n) is 1.75. The van der Waals surface area contributed by atoms with Gasteiger partial charge in [0, 0.05) is 24.1 Å². The SMILES string of the molecule is COc1ccc(C#CCCO)c(CN(C)C(C)(C)CO)c1. The van der Waals surface area contributed by atoms with E-state index in [1.54, 1.807) is 7.11 Å². The molecule has 1 aromatic carbocycles. The maximum Gasteiger partial charge on any atom is 0.119 e. The lowest BCUT2D eigenvalue weighted by Gasteiger charge is -2.34. The maximum atomic E-state index is 9.46. The van der Waals surface area contributed by atoms with Crippen LogP contribution in [0.25, 0.3) is 0 Å². The van der Waals surface area contributed by atoms with Crippen molar-refractivity contribution in [3.63, 3.8) is 0 Å². The lowest BCUT2D eigenvalue weighted by Crippen LogP contribution is -2.43. The Balaban J connectivity index is 3.05. The minimum atomic E-state index is -0.307. The van der Waals surface area contributed by atoms with Gasteiger partial charge in [-0.05, 0) is 44.7 Å². The molecule has 0 unspecified atom stereocenters. The van der Waals surface area contributed by atoms with Gasteiger partial charge < -0.3 is 14.9 Å². The van der Waals surface area contributed by atoms with Crippen LogP contribution < -0.4 is 4.74 Å². The molecule has 116 valence electrons. The Morgan fingerprint density at radius 2 is 2.00 bits per heavy atom. The average molecular weight is 291 g/mol. The molecule has 1 rings (SSSR count). The Morgan fingerprint density at radius 1 is 1.29 bits per heavy atom. The van der Waals surface area contributed by atoms with Crippen molar-refractivity contribution in [3.8, 4) is 17.6 Å². The third-order valence-corrected chi connectivity index (χ3v) is 3.60. The van der Waals surface area contributed by atoms with E-state index in [1.807, 2.05) is 39.1 Å². The average Bonchev–Trinajstić information content (AvgIpc) is 2.48. The van der Waals surface area contributed by atoms with Gasteiger partial charge in [0.05, 0.1) is 20.3 Å². The molecule has 0 fully saturated rings. The molecular weight excluding hydrogens is 266 g/mol. The molecular formula is C17H25NO3. The molecule has 0 saturated heterocycles. The maximum absolute atomic E-state index is 9.46. The highest BCUT2D eigenvalue weighted by Crippen LogP contribution is 2.21. The van der Waals surface area contributed by atoms with Gasteiger partial charge in [0.25, 0.3) is 0 Å². The van der Waals surface area contributed by atoms with Crippen molar-refractivity contribution in [2.75, 3.05) is 27.4 Å². The van der Waals surface area contributed by atoms with E-state index in [4.69, 9.17) is 9.84 Å². The monoisotopic (exact) mass is 291 g/mol. The van der Waals surface area contributed by atoms with Crippen LogP contribution in [0.15, 0.2) is 18.2 Å². The highest BCUT2D eigenvalue weighted by Gasteiger charge is 2.23. The third-order valence-electron chi connectivity index (χ3n) is 3.60. The van der Waals surface area contributed by atoms with Gasteiger partial charge in [-0.25, -0.2) is 0 Å². The van der Waals surface area contributed by atoms with Crippen LogP contribution in [0.4, 0.5) is 0 Å². The lowest BCUT2D eigenvalue weighted by atomic mass is 10.0. The van der Waals surface area contributed by atoms with E-state index >= 15 is 0 Å². The molecule has 4 nitrogen and oxygen atoms in total. The number of rotatable bonds is 6. The van der Waals surface area contributed by atoms with Gasteiger partial charge in [0.2, 0.25) is 0 Å². The Bertz CT molecular complexity index is 515. The first kappa shape index (κ1) is 17.5. The van der Waals surface area contributed by atoms with E-state index < -0.39 is 0 Å². The molecule has 0 radical (unpaired) electrons. The van der Waals surface area contributed by atoms with Crippen LogP contribution >= 0.6 is 0 Å². The van der Waals surface area contributed by atoms with Gasteiger partial charge in [-0.3, -0.25) is 4.90 Å². The number of aliphatic hydroxyl groups is 2. The van der Waals surface area contributed by atoms with E-state index in [0.29, 0.717) is 13.0 Å². The first-order chi connectivity index (χ1) is 9.94. The number of methoxy groups -OCH3 is 1. The zero-order chi connectivity index (χ0) is 15.9. The number of hydrogen-bond donors (Lipinski definition) is 2. The van der Waals surface area contributed by atoms with E-state index in [2.05, 4.69) is 16.7 Å². The van der Waals surface area contributed by atoms with Gasteiger partial charge in [-0.2, -0.15) is 0 Å². The first-order valence-electron chi connectivity index (χ1n) is 7.03. The van der Waals surface area contributed by atoms with Crippen molar-refractivity contribution in [2.45, 2.75) is 32.4 Å². The quantitative estimate of drug-likeness (QED) is 0.782.